The van der Waals surface area contributed by atoms with E-state index >= 15 is 0 Å². The molecule has 14 heteroatoms. The van der Waals surface area contributed by atoms with E-state index in [-0.39, 0.29) is 28.6 Å². The highest BCUT2D eigenvalue weighted by atomic mass is 16.6. The number of nitro benzene ring substituents is 1. The van der Waals surface area contributed by atoms with Crippen molar-refractivity contribution in [3.63, 3.8) is 0 Å². The third-order valence-electron chi connectivity index (χ3n) is 4.76. The highest BCUT2D eigenvalue weighted by Crippen LogP contribution is 2.35. The van der Waals surface area contributed by atoms with Gasteiger partial charge in [0, 0.05) is 12.1 Å². The Morgan fingerprint density at radius 3 is 2.68 bits per heavy atom. The molecule has 14 nitrogen and oxygen atoms in total. The number of imidazole rings is 1. The highest BCUT2D eigenvalue weighted by Gasteiger charge is 2.45. The van der Waals surface area contributed by atoms with Crippen molar-refractivity contribution in [1.82, 2.24) is 19.5 Å². The molecule has 0 radical (unpaired) electrons. The number of non-ortho nitro benzene ring substituents is 1. The van der Waals surface area contributed by atoms with Gasteiger partial charge in [-0.15, -0.1) is 0 Å². The van der Waals surface area contributed by atoms with E-state index in [0.717, 1.165) is 0 Å². The van der Waals surface area contributed by atoms with Crippen LogP contribution in [0.3, 0.4) is 0 Å². The van der Waals surface area contributed by atoms with E-state index in [1.54, 1.807) is 0 Å². The van der Waals surface area contributed by atoms with Gasteiger partial charge in [0.2, 0.25) is 5.95 Å². The summed E-state index contributed by atoms with van der Waals surface area (Å²) in [5, 5.41) is 44.7. The molecular weight excluding hydrogens is 412 g/mol. The Hall–Kier alpha value is -3.72. The molecule has 2 aromatic heterocycles. The number of aliphatic hydroxyl groups excluding tert-OH is 3. The molecule has 31 heavy (non-hydrogen) atoms. The van der Waals surface area contributed by atoms with Crippen molar-refractivity contribution < 1.29 is 25.0 Å². The maximum absolute atomic E-state index is 10.7. The number of aliphatic hydroxyl groups is 3. The Balaban J connectivity index is 1.66. The van der Waals surface area contributed by atoms with Crippen LogP contribution in [0.1, 0.15) is 11.8 Å². The number of ether oxygens (including phenoxy) is 1. The summed E-state index contributed by atoms with van der Waals surface area (Å²) >= 11 is 0. The molecule has 162 valence electrons. The first-order valence-corrected chi connectivity index (χ1v) is 9.05. The molecule has 0 unspecified atom stereocenters. The van der Waals surface area contributed by atoms with Crippen LogP contribution in [0.15, 0.2) is 35.7 Å². The van der Waals surface area contributed by atoms with Crippen molar-refractivity contribution in [2.24, 2.45) is 5.10 Å². The largest absolute Gasteiger partial charge is 0.394 e. The number of nitro groups is 1. The lowest BCUT2D eigenvalue weighted by Gasteiger charge is -2.18. The number of rotatable bonds is 6. The van der Waals surface area contributed by atoms with Gasteiger partial charge in [0.15, 0.2) is 23.2 Å². The molecule has 0 aliphatic carbocycles. The lowest BCUT2D eigenvalue weighted by molar-refractivity contribution is -0.384. The Labute approximate surface area is 173 Å². The summed E-state index contributed by atoms with van der Waals surface area (Å²) in [4.78, 5) is 22.5. The lowest BCUT2D eigenvalue weighted by atomic mass is 10.1. The molecule has 4 atom stereocenters. The number of benzene rings is 1. The second-order valence-electron chi connectivity index (χ2n) is 6.68. The number of nitrogens with one attached hydrogen (secondary N) is 1. The maximum atomic E-state index is 10.7. The fourth-order valence-corrected chi connectivity index (χ4v) is 3.19. The smallest absolute Gasteiger partial charge is 0.269 e. The van der Waals surface area contributed by atoms with Crippen molar-refractivity contribution >= 4 is 34.8 Å². The molecule has 1 fully saturated rings. The van der Waals surface area contributed by atoms with Crippen molar-refractivity contribution in [3.05, 3.63) is 46.3 Å². The first kappa shape index (κ1) is 20.5. The summed E-state index contributed by atoms with van der Waals surface area (Å²) in [7, 11) is 0. The Morgan fingerprint density at radius 1 is 1.29 bits per heavy atom. The second kappa shape index (κ2) is 8.19. The summed E-state index contributed by atoms with van der Waals surface area (Å²) < 4.78 is 6.94. The zero-order valence-electron chi connectivity index (χ0n) is 15.8. The van der Waals surface area contributed by atoms with Crippen molar-refractivity contribution in [3.8, 4) is 0 Å². The number of hydrogen-bond acceptors (Lipinski definition) is 12. The molecule has 0 saturated carbocycles. The number of fused-ring (bicyclic) bond motifs is 1. The highest BCUT2D eigenvalue weighted by molar-refractivity contribution is 5.84. The van der Waals surface area contributed by atoms with E-state index in [0.29, 0.717) is 5.56 Å². The Morgan fingerprint density at radius 2 is 2.03 bits per heavy atom. The molecular formula is C17H18N8O6. The number of nitrogen functional groups attached to an aromatic ring is 1. The van der Waals surface area contributed by atoms with Crippen LogP contribution in [0.4, 0.5) is 17.5 Å². The predicted molar refractivity (Wildman–Crippen MR) is 107 cm³/mol. The number of nitrogens with zero attached hydrogens (tertiary/aromatic N) is 6. The van der Waals surface area contributed by atoms with Gasteiger partial charge in [-0.25, -0.2) is 20.4 Å². The van der Waals surface area contributed by atoms with Gasteiger partial charge >= 0.3 is 0 Å². The number of hydrazone groups is 1. The second-order valence-corrected chi connectivity index (χ2v) is 6.68. The molecule has 1 aliphatic rings. The minimum absolute atomic E-state index is 0.0506. The summed E-state index contributed by atoms with van der Waals surface area (Å²) in [6, 6.07) is 5.71. The summed E-state index contributed by atoms with van der Waals surface area (Å²) in [5.74, 6) is 0.160. The van der Waals surface area contributed by atoms with Crippen LogP contribution < -0.4 is 11.2 Å². The summed E-state index contributed by atoms with van der Waals surface area (Å²) in [6.07, 6.45) is -2.24. The normalized spacial score (nSPS) is 23.6. The topological polar surface area (TPSA) is 207 Å². The van der Waals surface area contributed by atoms with Crippen molar-refractivity contribution in [2.75, 3.05) is 17.8 Å². The fraction of sp³-hybridized carbons (Fsp3) is 0.294. The van der Waals surface area contributed by atoms with Crippen LogP contribution in [0.5, 0.6) is 0 Å². The number of anilines is 2. The van der Waals surface area contributed by atoms with Gasteiger partial charge in [0.05, 0.1) is 17.7 Å². The van der Waals surface area contributed by atoms with Gasteiger partial charge in [0.25, 0.3) is 5.69 Å². The maximum Gasteiger partial charge on any atom is 0.269 e. The molecule has 6 N–H and O–H groups in total. The van der Waals surface area contributed by atoms with Gasteiger partial charge in [-0.3, -0.25) is 14.7 Å². The lowest BCUT2D eigenvalue weighted by Crippen LogP contribution is -2.33. The standard InChI is InChI=1S/C17H18N8O6/c18-14-11-15(20-7-19-14)24(16-13(28)12(27)10(6-26)31-16)17(22-11)23-21-5-8-1-3-9(4-2-8)25(29)30/h1-5,7,10,12-13,16,26-28H,6H2,(H,22,23)(H2,18,19,20)/b21-5-/t10-,12-,13-,16-/m1/s1. The quantitative estimate of drug-likeness (QED) is 0.189. The number of nitrogens with two attached hydrogens (primary N) is 1. The van der Waals surface area contributed by atoms with Crippen LogP contribution in [0.25, 0.3) is 11.2 Å². The average Bonchev–Trinajstić information content (AvgIpc) is 3.26. The van der Waals surface area contributed by atoms with Crippen LogP contribution in [-0.2, 0) is 4.74 Å². The molecule has 0 bridgehead atoms. The van der Waals surface area contributed by atoms with Gasteiger partial charge in [-0.1, -0.05) is 0 Å². The minimum atomic E-state index is -1.38. The van der Waals surface area contributed by atoms with Crippen molar-refractivity contribution in [2.45, 2.75) is 24.5 Å². The average molecular weight is 430 g/mol. The molecule has 0 spiro atoms. The summed E-state index contributed by atoms with van der Waals surface area (Å²) in [5.41, 5.74) is 9.52. The van der Waals surface area contributed by atoms with E-state index < -0.39 is 36.1 Å². The van der Waals surface area contributed by atoms with Crippen LogP contribution >= 0.6 is 0 Å². The molecule has 1 aromatic carbocycles. The Bertz CT molecular complexity index is 1130. The van der Waals surface area contributed by atoms with Gasteiger partial charge in [-0.05, 0) is 17.7 Å². The minimum Gasteiger partial charge on any atom is -0.394 e. The van der Waals surface area contributed by atoms with Gasteiger partial charge in [-0.2, -0.15) is 5.10 Å². The zero-order chi connectivity index (χ0) is 22.1. The molecule has 4 rings (SSSR count). The zero-order valence-corrected chi connectivity index (χ0v) is 15.8. The monoisotopic (exact) mass is 430 g/mol. The number of aromatic nitrogens is 4. The van der Waals surface area contributed by atoms with E-state index in [2.05, 4.69) is 25.5 Å². The molecule has 1 saturated heterocycles. The SMILES string of the molecule is Nc1ncnc2c1nc(N/N=C\c1ccc([N+](=O)[O-])cc1)n2[C@@H]1O[C@H](CO)[C@@H](O)[C@H]1O. The Kier molecular flexibility index (Phi) is 5.43. The van der Waals surface area contributed by atoms with Crippen LogP contribution in [-0.4, -0.2) is 70.9 Å². The first-order valence-electron chi connectivity index (χ1n) is 9.05. The first-order chi connectivity index (χ1) is 14.9. The van der Waals surface area contributed by atoms with Gasteiger partial charge < -0.3 is 25.8 Å². The van der Waals surface area contributed by atoms with Crippen molar-refractivity contribution in [1.29, 1.82) is 0 Å². The molecule has 3 heterocycles. The summed E-state index contributed by atoms with van der Waals surface area (Å²) in [6.45, 7) is -0.500. The van der Waals surface area contributed by atoms with E-state index in [1.165, 1.54) is 41.4 Å². The third-order valence-corrected chi connectivity index (χ3v) is 4.76. The third kappa shape index (κ3) is 3.75. The molecule has 0 amide bonds. The molecule has 3 aromatic rings. The number of hydrogen-bond donors (Lipinski definition) is 5. The van der Waals surface area contributed by atoms with Crippen LogP contribution in [0, 0.1) is 10.1 Å². The molecule has 1 aliphatic heterocycles. The van der Waals surface area contributed by atoms with E-state index in [4.69, 9.17) is 10.5 Å². The predicted octanol–water partition coefficient (Wildman–Crippen LogP) is -0.626. The van der Waals surface area contributed by atoms with E-state index in [1.807, 2.05) is 0 Å². The van der Waals surface area contributed by atoms with Crippen LogP contribution in [0.2, 0.25) is 0 Å². The van der Waals surface area contributed by atoms with Gasteiger partial charge in [0.1, 0.15) is 24.6 Å². The van der Waals surface area contributed by atoms with E-state index in [9.17, 15) is 25.4 Å². The fourth-order valence-electron chi connectivity index (χ4n) is 3.19.